The number of benzene rings is 1. The average Bonchev–Trinajstić information content (AvgIpc) is 3.51. The molecule has 0 aliphatic heterocycles. The number of hydrogen-bond donors (Lipinski definition) is 0. The predicted octanol–water partition coefficient (Wildman–Crippen LogP) is 3.93. The fourth-order valence-corrected chi connectivity index (χ4v) is 4.61. The number of para-hydroxylation sites is 1. The molecular weight excluding hydrogens is 436 g/mol. The first kappa shape index (κ1) is 21.1. The lowest BCUT2D eigenvalue weighted by Crippen LogP contribution is -2.37. The number of aromatic nitrogens is 3. The monoisotopic (exact) mass is 456 g/mol. The quantitative estimate of drug-likeness (QED) is 0.371. The van der Waals surface area contributed by atoms with E-state index in [1.54, 1.807) is 14.0 Å². The van der Waals surface area contributed by atoms with E-state index in [1.165, 1.54) is 27.6 Å². The van der Waals surface area contributed by atoms with E-state index in [-0.39, 0.29) is 18.7 Å². The Morgan fingerprint density at radius 3 is 2.84 bits per heavy atom. The van der Waals surface area contributed by atoms with Crippen LogP contribution in [0.5, 0.6) is 0 Å². The van der Waals surface area contributed by atoms with Crippen LogP contribution in [0.1, 0.15) is 24.2 Å². The van der Waals surface area contributed by atoms with Crippen molar-refractivity contribution in [2.24, 2.45) is 0 Å². The number of aryl methyl sites for hydroxylation is 1. The highest BCUT2D eigenvalue weighted by Gasteiger charge is 2.23. The lowest BCUT2D eigenvalue weighted by molar-refractivity contribution is -0.158. The summed E-state index contributed by atoms with van der Waals surface area (Å²) in [5.74, 6) is 0.0596. The topological polar surface area (TPSA) is 98.4 Å². The highest BCUT2D eigenvalue weighted by Crippen LogP contribution is 2.23. The maximum atomic E-state index is 12.6. The molecule has 4 rings (SSSR count). The van der Waals surface area contributed by atoms with Crippen LogP contribution in [0, 0.1) is 0 Å². The molecule has 160 valence electrons. The minimum atomic E-state index is -0.893. The molecule has 0 bridgehead atoms. The maximum absolute atomic E-state index is 12.6. The van der Waals surface area contributed by atoms with Gasteiger partial charge in [-0.1, -0.05) is 17.3 Å². The number of amides is 1. The zero-order valence-corrected chi connectivity index (χ0v) is 18.6. The minimum Gasteiger partial charge on any atom is -0.453 e. The summed E-state index contributed by atoms with van der Waals surface area (Å²) >= 11 is 3.08. The number of likely N-dealkylation sites (N-methyl/N-ethyl adjacent to an activating group) is 1. The number of thiazole rings is 1. The van der Waals surface area contributed by atoms with Crippen molar-refractivity contribution in [1.29, 1.82) is 0 Å². The number of rotatable bonds is 8. The molecule has 1 atom stereocenters. The maximum Gasteiger partial charge on any atom is 0.307 e. The lowest BCUT2D eigenvalue weighted by Gasteiger charge is -2.20. The van der Waals surface area contributed by atoms with E-state index in [0.717, 1.165) is 20.8 Å². The van der Waals surface area contributed by atoms with Gasteiger partial charge in [0.15, 0.2) is 6.10 Å². The van der Waals surface area contributed by atoms with Gasteiger partial charge in [0.05, 0.1) is 23.2 Å². The van der Waals surface area contributed by atoms with Crippen molar-refractivity contribution in [3.63, 3.8) is 0 Å². The second kappa shape index (κ2) is 9.36. The summed E-state index contributed by atoms with van der Waals surface area (Å²) in [5.41, 5.74) is 1.78. The van der Waals surface area contributed by atoms with Crippen LogP contribution in [0.3, 0.4) is 0 Å². The highest BCUT2D eigenvalue weighted by molar-refractivity contribution is 7.18. The van der Waals surface area contributed by atoms with Crippen LogP contribution in [0.4, 0.5) is 0 Å². The number of nitrogens with zero attached hydrogens (tertiary/aromatic N) is 4. The summed E-state index contributed by atoms with van der Waals surface area (Å²) in [7, 11) is 1.67. The van der Waals surface area contributed by atoms with E-state index >= 15 is 0 Å². The van der Waals surface area contributed by atoms with Crippen molar-refractivity contribution in [1.82, 2.24) is 20.0 Å². The van der Waals surface area contributed by atoms with E-state index in [2.05, 4.69) is 15.1 Å². The highest BCUT2D eigenvalue weighted by atomic mass is 32.1. The second-order valence-corrected chi connectivity index (χ2v) is 8.82. The third kappa shape index (κ3) is 5.15. The molecule has 0 fully saturated rings. The number of fused-ring (bicyclic) bond motifs is 1. The Balaban J connectivity index is 1.26. The molecule has 0 aliphatic carbocycles. The summed E-state index contributed by atoms with van der Waals surface area (Å²) in [4.78, 5) is 35.1. The number of thiophene rings is 1. The Morgan fingerprint density at radius 2 is 2.06 bits per heavy atom. The van der Waals surface area contributed by atoms with Crippen LogP contribution in [0.25, 0.3) is 21.6 Å². The molecule has 0 spiro atoms. The first-order valence-corrected chi connectivity index (χ1v) is 11.4. The summed E-state index contributed by atoms with van der Waals surface area (Å²) < 4.78 is 11.5. The van der Waals surface area contributed by atoms with Crippen LogP contribution in [0.2, 0.25) is 0 Å². The minimum absolute atomic E-state index is 0.0461. The second-order valence-electron chi connectivity index (χ2n) is 6.93. The summed E-state index contributed by atoms with van der Waals surface area (Å²) in [6, 6.07) is 9.72. The van der Waals surface area contributed by atoms with Crippen LogP contribution in [-0.2, 0) is 27.3 Å². The average molecular weight is 457 g/mol. The molecule has 0 aliphatic rings. The number of esters is 1. The van der Waals surface area contributed by atoms with E-state index in [9.17, 15) is 9.59 Å². The number of ether oxygens (including phenoxy) is 1. The fraction of sp³-hybridized carbons (Fsp3) is 0.286. The van der Waals surface area contributed by atoms with Crippen molar-refractivity contribution in [2.45, 2.75) is 32.4 Å². The van der Waals surface area contributed by atoms with Gasteiger partial charge in [-0.3, -0.25) is 9.59 Å². The van der Waals surface area contributed by atoms with Crippen molar-refractivity contribution in [3.05, 3.63) is 52.0 Å². The molecular formula is C21H20N4O4S2. The Bertz CT molecular complexity index is 1150. The summed E-state index contributed by atoms with van der Waals surface area (Å²) in [6.07, 6.45) is -0.598. The van der Waals surface area contributed by atoms with Gasteiger partial charge >= 0.3 is 5.97 Å². The predicted molar refractivity (Wildman–Crippen MR) is 118 cm³/mol. The molecule has 0 radical (unpaired) electrons. The lowest BCUT2D eigenvalue weighted by atomic mass is 10.3. The van der Waals surface area contributed by atoms with E-state index in [1.807, 2.05) is 41.1 Å². The van der Waals surface area contributed by atoms with Crippen LogP contribution >= 0.6 is 22.7 Å². The van der Waals surface area contributed by atoms with E-state index in [4.69, 9.17) is 9.26 Å². The third-order valence-corrected chi connectivity index (χ3v) is 6.24. The van der Waals surface area contributed by atoms with Gasteiger partial charge in [-0.05, 0) is 30.5 Å². The van der Waals surface area contributed by atoms with Gasteiger partial charge in [0.2, 0.25) is 11.7 Å². The molecule has 0 saturated carbocycles. The zero-order chi connectivity index (χ0) is 21.8. The van der Waals surface area contributed by atoms with Gasteiger partial charge in [0, 0.05) is 24.4 Å². The Labute approximate surface area is 186 Å². The van der Waals surface area contributed by atoms with Gasteiger partial charge in [-0.2, -0.15) is 16.3 Å². The molecule has 10 heteroatoms. The Hall–Kier alpha value is -3.11. The molecule has 1 aromatic carbocycles. The molecule has 4 aromatic rings. The van der Waals surface area contributed by atoms with Gasteiger partial charge in [-0.15, -0.1) is 11.3 Å². The molecule has 1 amide bonds. The Morgan fingerprint density at radius 1 is 1.23 bits per heavy atom. The molecule has 3 heterocycles. The molecule has 31 heavy (non-hydrogen) atoms. The van der Waals surface area contributed by atoms with Crippen molar-refractivity contribution >= 4 is 44.8 Å². The largest absolute Gasteiger partial charge is 0.453 e. The van der Waals surface area contributed by atoms with Crippen molar-refractivity contribution < 1.29 is 18.8 Å². The SMILES string of the molecule is CC(OC(=O)CCc1nc(-c2ccsc2)no1)C(=O)N(C)Cc1nc2ccccc2s1. The summed E-state index contributed by atoms with van der Waals surface area (Å²) in [5, 5.41) is 8.58. The van der Waals surface area contributed by atoms with Crippen molar-refractivity contribution in [3.8, 4) is 11.4 Å². The number of carbonyl (C=O) groups is 2. The normalized spacial score (nSPS) is 12.1. The van der Waals surface area contributed by atoms with Crippen LogP contribution in [0.15, 0.2) is 45.6 Å². The molecule has 3 aromatic heterocycles. The molecule has 1 unspecified atom stereocenters. The number of hydrogen-bond acceptors (Lipinski definition) is 9. The van der Waals surface area contributed by atoms with Gasteiger partial charge in [-0.25, -0.2) is 4.98 Å². The zero-order valence-electron chi connectivity index (χ0n) is 17.0. The Kier molecular flexibility index (Phi) is 6.38. The van der Waals surface area contributed by atoms with E-state index in [0.29, 0.717) is 18.3 Å². The van der Waals surface area contributed by atoms with Gasteiger partial charge < -0.3 is 14.2 Å². The van der Waals surface area contributed by atoms with Crippen LogP contribution in [-0.4, -0.2) is 45.1 Å². The molecule has 0 N–H and O–H groups in total. The smallest absolute Gasteiger partial charge is 0.307 e. The van der Waals surface area contributed by atoms with Crippen molar-refractivity contribution in [2.75, 3.05) is 7.05 Å². The standard InChI is InChI=1S/C21H20N4O4S2/c1-13(21(27)25(2)11-18-22-15-5-3-4-6-16(15)31-18)28-19(26)8-7-17-23-20(24-29-17)14-9-10-30-12-14/h3-6,9-10,12-13H,7-8,11H2,1-2H3. The fourth-order valence-electron chi connectivity index (χ4n) is 2.96. The summed E-state index contributed by atoms with van der Waals surface area (Å²) in [6.45, 7) is 1.92. The van der Waals surface area contributed by atoms with Crippen LogP contribution < -0.4 is 0 Å². The first-order chi connectivity index (χ1) is 15.0. The molecule has 8 nitrogen and oxygen atoms in total. The first-order valence-electron chi connectivity index (χ1n) is 9.63. The number of carbonyl (C=O) groups excluding carboxylic acids is 2. The third-order valence-electron chi connectivity index (χ3n) is 4.53. The van der Waals surface area contributed by atoms with E-state index < -0.39 is 12.1 Å². The molecule has 0 saturated heterocycles. The van der Waals surface area contributed by atoms with Gasteiger partial charge in [0.1, 0.15) is 5.01 Å². The van der Waals surface area contributed by atoms with Gasteiger partial charge in [0.25, 0.3) is 5.91 Å².